The second-order valence-electron chi connectivity index (χ2n) is 3.89. The van der Waals surface area contributed by atoms with Gasteiger partial charge in [-0.3, -0.25) is 4.79 Å². The van der Waals surface area contributed by atoms with Crippen molar-refractivity contribution in [1.82, 2.24) is 4.90 Å². The molecule has 1 aromatic rings. The molecule has 0 aliphatic heterocycles. The minimum absolute atomic E-state index is 0.0824. The Hall–Kier alpha value is -1.91. The Balaban J connectivity index is 2.55. The van der Waals surface area contributed by atoms with Crippen LogP contribution in [-0.4, -0.2) is 38.6 Å². The number of methoxy groups -OCH3 is 1. The van der Waals surface area contributed by atoms with E-state index >= 15 is 0 Å². The normalized spacial score (nSPS) is 9.82. The smallest absolute Gasteiger partial charge is 0.223 e. The molecule has 0 radical (unpaired) electrons. The molecule has 1 aromatic carbocycles. The van der Waals surface area contributed by atoms with Crippen molar-refractivity contribution in [3.63, 3.8) is 0 Å². The fourth-order valence-corrected chi connectivity index (χ4v) is 1.40. The van der Waals surface area contributed by atoms with Gasteiger partial charge in [0.1, 0.15) is 5.75 Å². The molecule has 0 spiro atoms. The predicted molar refractivity (Wildman–Crippen MR) is 69.2 cm³/mol. The van der Waals surface area contributed by atoms with E-state index in [-0.39, 0.29) is 5.91 Å². The number of nitrogens with two attached hydrogens (primary N) is 1. The third-order valence-corrected chi connectivity index (χ3v) is 2.44. The van der Waals surface area contributed by atoms with Crippen LogP contribution < -0.4 is 15.8 Å². The van der Waals surface area contributed by atoms with Crippen LogP contribution in [0.1, 0.15) is 6.42 Å². The molecule has 5 nitrogen and oxygen atoms in total. The summed E-state index contributed by atoms with van der Waals surface area (Å²) in [6.07, 6.45) is 0.434. The number of ether oxygens (including phenoxy) is 1. The topological polar surface area (TPSA) is 67.6 Å². The van der Waals surface area contributed by atoms with Gasteiger partial charge in [-0.25, -0.2) is 0 Å². The van der Waals surface area contributed by atoms with E-state index in [1.165, 1.54) is 0 Å². The fraction of sp³-hybridized carbons (Fsp3) is 0.417. The molecule has 0 aliphatic rings. The molecule has 0 saturated carbocycles. The fourth-order valence-electron chi connectivity index (χ4n) is 1.40. The third-order valence-electron chi connectivity index (χ3n) is 2.44. The minimum Gasteiger partial charge on any atom is -0.495 e. The number of anilines is 2. The van der Waals surface area contributed by atoms with E-state index in [2.05, 4.69) is 5.32 Å². The highest BCUT2D eigenvalue weighted by molar-refractivity contribution is 5.77. The van der Waals surface area contributed by atoms with Gasteiger partial charge in [-0.15, -0.1) is 0 Å². The molecule has 0 atom stereocenters. The average molecular weight is 237 g/mol. The molecule has 94 valence electrons. The zero-order valence-electron chi connectivity index (χ0n) is 10.5. The summed E-state index contributed by atoms with van der Waals surface area (Å²) in [5.74, 6) is 0.716. The van der Waals surface area contributed by atoms with E-state index in [0.717, 1.165) is 5.69 Å². The highest BCUT2D eigenvalue weighted by Gasteiger charge is 2.06. The second kappa shape index (κ2) is 5.98. The van der Waals surface area contributed by atoms with Gasteiger partial charge in [0, 0.05) is 27.1 Å². The molecule has 17 heavy (non-hydrogen) atoms. The number of hydrogen-bond donors (Lipinski definition) is 2. The van der Waals surface area contributed by atoms with Gasteiger partial charge >= 0.3 is 0 Å². The molecule has 0 unspecified atom stereocenters. The molecule has 0 saturated heterocycles. The molecule has 0 heterocycles. The zero-order chi connectivity index (χ0) is 12.8. The molecule has 0 fully saturated rings. The van der Waals surface area contributed by atoms with Crippen molar-refractivity contribution in [2.75, 3.05) is 38.8 Å². The van der Waals surface area contributed by atoms with Crippen LogP contribution in [0.2, 0.25) is 0 Å². The maximum atomic E-state index is 11.4. The van der Waals surface area contributed by atoms with Crippen molar-refractivity contribution in [1.29, 1.82) is 0 Å². The van der Waals surface area contributed by atoms with E-state index in [9.17, 15) is 4.79 Å². The van der Waals surface area contributed by atoms with Gasteiger partial charge in [-0.2, -0.15) is 0 Å². The summed E-state index contributed by atoms with van der Waals surface area (Å²) in [6, 6.07) is 5.51. The lowest BCUT2D eigenvalue weighted by atomic mass is 10.2. The first-order chi connectivity index (χ1) is 8.06. The number of carbonyl (C=O) groups is 1. The van der Waals surface area contributed by atoms with Crippen LogP contribution in [0.3, 0.4) is 0 Å². The lowest BCUT2D eigenvalue weighted by Crippen LogP contribution is -2.24. The van der Waals surface area contributed by atoms with Crippen LogP contribution in [-0.2, 0) is 4.79 Å². The van der Waals surface area contributed by atoms with E-state index in [0.29, 0.717) is 24.4 Å². The Morgan fingerprint density at radius 2 is 2.18 bits per heavy atom. The summed E-state index contributed by atoms with van der Waals surface area (Å²) < 4.78 is 5.11. The van der Waals surface area contributed by atoms with Gasteiger partial charge in [0.2, 0.25) is 5.91 Å². The summed E-state index contributed by atoms with van der Waals surface area (Å²) in [6.45, 7) is 0.550. The summed E-state index contributed by atoms with van der Waals surface area (Å²) in [4.78, 5) is 12.9. The van der Waals surface area contributed by atoms with Crippen molar-refractivity contribution in [3.05, 3.63) is 18.2 Å². The number of rotatable bonds is 5. The van der Waals surface area contributed by atoms with Gasteiger partial charge in [-0.05, 0) is 12.1 Å². The van der Waals surface area contributed by atoms with Crippen LogP contribution in [0, 0.1) is 0 Å². The van der Waals surface area contributed by atoms with E-state index in [1.54, 1.807) is 32.2 Å². The molecule has 0 aromatic heterocycles. The highest BCUT2D eigenvalue weighted by Crippen LogP contribution is 2.28. The van der Waals surface area contributed by atoms with Crippen LogP contribution >= 0.6 is 0 Å². The van der Waals surface area contributed by atoms with Crippen LogP contribution in [0.25, 0.3) is 0 Å². The van der Waals surface area contributed by atoms with Gasteiger partial charge < -0.3 is 20.7 Å². The van der Waals surface area contributed by atoms with Crippen LogP contribution in [0.4, 0.5) is 11.4 Å². The van der Waals surface area contributed by atoms with Crippen molar-refractivity contribution in [2.45, 2.75) is 6.42 Å². The first-order valence-corrected chi connectivity index (χ1v) is 5.42. The number of hydrogen-bond acceptors (Lipinski definition) is 4. The van der Waals surface area contributed by atoms with Crippen molar-refractivity contribution in [2.24, 2.45) is 0 Å². The number of nitrogens with zero attached hydrogens (tertiary/aromatic N) is 1. The van der Waals surface area contributed by atoms with Crippen molar-refractivity contribution >= 4 is 17.3 Å². The standard InChI is InChI=1S/C12H19N3O2/c1-15(2)11(16)7-8-14-9-5-4-6-10(17-3)12(9)13/h4-6,14H,7-8,13H2,1-3H3. The number of para-hydroxylation sites is 1. The number of benzene rings is 1. The lowest BCUT2D eigenvalue weighted by Gasteiger charge is -2.13. The predicted octanol–water partition coefficient (Wildman–Crippen LogP) is 1.17. The third kappa shape index (κ3) is 3.55. The van der Waals surface area contributed by atoms with Crippen molar-refractivity contribution < 1.29 is 9.53 Å². The van der Waals surface area contributed by atoms with E-state index in [1.807, 2.05) is 12.1 Å². The Morgan fingerprint density at radius 3 is 2.76 bits per heavy atom. The van der Waals surface area contributed by atoms with Gasteiger partial charge in [0.15, 0.2) is 0 Å². The van der Waals surface area contributed by atoms with Crippen molar-refractivity contribution in [3.8, 4) is 5.75 Å². The summed E-state index contributed by atoms with van der Waals surface area (Å²) >= 11 is 0. The van der Waals surface area contributed by atoms with Gasteiger partial charge in [-0.1, -0.05) is 6.07 Å². The van der Waals surface area contributed by atoms with E-state index in [4.69, 9.17) is 10.5 Å². The van der Waals surface area contributed by atoms with Crippen LogP contribution in [0.5, 0.6) is 5.75 Å². The Kier molecular flexibility index (Phi) is 4.63. The molecule has 0 bridgehead atoms. The maximum Gasteiger partial charge on any atom is 0.223 e. The Morgan fingerprint density at radius 1 is 1.47 bits per heavy atom. The molecule has 5 heteroatoms. The molecular formula is C12H19N3O2. The highest BCUT2D eigenvalue weighted by atomic mass is 16.5. The minimum atomic E-state index is 0.0824. The Labute approximate surface area is 102 Å². The number of amides is 1. The average Bonchev–Trinajstić information content (AvgIpc) is 2.31. The SMILES string of the molecule is COc1cccc(NCCC(=O)N(C)C)c1N. The zero-order valence-corrected chi connectivity index (χ0v) is 10.5. The lowest BCUT2D eigenvalue weighted by molar-refractivity contribution is -0.128. The quantitative estimate of drug-likeness (QED) is 0.754. The van der Waals surface area contributed by atoms with Crippen LogP contribution in [0.15, 0.2) is 18.2 Å². The molecular weight excluding hydrogens is 218 g/mol. The number of carbonyl (C=O) groups excluding carboxylic acids is 1. The molecule has 3 N–H and O–H groups in total. The second-order valence-corrected chi connectivity index (χ2v) is 3.89. The number of nitrogens with one attached hydrogen (secondary N) is 1. The monoisotopic (exact) mass is 237 g/mol. The van der Waals surface area contributed by atoms with Gasteiger partial charge in [0.05, 0.1) is 18.5 Å². The number of nitrogen functional groups attached to an aromatic ring is 1. The molecule has 0 aliphatic carbocycles. The van der Waals surface area contributed by atoms with Gasteiger partial charge in [0.25, 0.3) is 0 Å². The molecule has 1 rings (SSSR count). The summed E-state index contributed by atoms with van der Waals surface area (Å²) in [5, 5.41) is 3.12. The Bertz CT molecular complexity index is 391. The largest absolute Gasteiger partial charge is 0.495 e. The van der Waals surface area contributed by atoms with E-state index < -0.39 is 0 Å². The summed E-state index contributed by atoms with van der Waals surface area (Å²) in [7, 11) is 5.05. The maximum absolute atomic E-state index is 11.4. The first-order valence-electron chi connectivity index (χ1n) is 5.42. The first kappa shape index (κ1) is 13.2. The summed E-state index contributed by atoms with van der Waals surface area (Å²) in [5.41, 5.74) is 7.24. The molecule has 1 amide bonds.